The van der Waals surface area contributed by atoms with Gasteiger partial charge < -0.3 is 15.7 Å². The monoisotopic (exact) mass is 337 g/mol. The van der Waals surface area contributed by atoms with E-state index >= 15 is 0 Å². The van der Waals surface area contributed by atoms with E-state index < -0.39 is 0 Å². The van der Waals surface area contributed by atoms with Crippen molar-refractivity contribution in [3.63, 3.8) is 0 Å². The first-order valence-corrected chi connectivity index (χ1v) is 8.89. The van der Waals surface area contributed by atoms with Gasteiger partial charge in [0.1, 0.15) is 5.82 Å². The number of allylic oxidation sites excluding steroid dienone is 1. The summed E-state index contributed by atoms with van der Waals surface area (Å²) in [5, 5.41) is 9.28. The minimum atomic E-state index is 0.0761. The molecule has 6 heteroatoms. The molecular weight excluding hydrogens is 310 g/mol. The smallest absolute Gasteiger partial charge is 0.214 e. The summed E-state index contributed by atoms with van der Waals surface area (Å²) in [6.45, 7) is 6.40. The van der Waals surface area contributed by atoms with E-state index in [1.54, 1.807) is 16.7 Å². The summed E-state index contributed by atoms with van der Waals surface area (Å²) in [5.41, 5.74) is 8.49. The molecule has 1 amide bonds. The number of nitrogens with zero attached hydrogens (tertiary/aromatic N) is 2. The number of aryl methyl sites for hydroxylation is 1. The molecule has 0 unspecified atom stereocenters. The van der Waals surface area contributed by atoms with Gasteiger partial charge in [-0.1, -0.05) is 19.4 Å². The van der Waals surface area contributed by atoms with Crippen LogP contribution in [0, 0.1) is 6.92 Å². The van der Waals surface area contributed by atoms with Gasteiger partial charge in [-0.2, -0.15) is 0 Å². The van der Waals surface area contributed by atoms with Crippen LogP contribution in [0.5, 0.6) is 0 Å². The number of carbonyl (C=O) groups excluding carboxylic acids is 1. The molecule has 0 radical (unpaired) electrons. The molecule has 1 heterocycles. The molecule has 3 N–H and O–H groups in total. The van der Waals surface area contributed by atoms with Crippen molar-refractivity contribution in [2.24, 2.45) is 0 Å². The molecular formula is C17H27N3O2S. The molecule has 1 aromatic rings. The van der Waals surface area contributed by atoms with Crippen molar-refractivity contribution in [3.05, 3.63) is 34.0 Å². The Balaban J connectivity index is 2.94. The predicted molar refractivity (Wildman–Crippen MR) is 96.8 cm³/mol. The van der Waals surface area contributed by atoms with E-state index in [0.29, 0.717) is 18.8 Å². The summed E-state index contributed by atoms with van der Waals surface area (Å²) in [6, 6.07) is 3.79. The molecule has 1 aromatic heterocycles. The Hall–Kier alpha value is -1.53. The Labute approximate surface area is 143 Å². The van der Waals surface area contributed by atoms with Crippen LogP contribution >= 0.6 is 11.8 Å². The first-order valence-electron chi connectivity index (χ1n) is 7.90. The zero-order valence-corrected chi connectivity index (χ0v) is 15.0. The topological polar surface area (TPSA) is 79.5 Å². The molecule has 0 atom stereocenters. The molecule has 5 nitrogen and oxygen atoms in total. The van der Waals surface area contributed by atoms with Crippen LogP contribution in [0.15, 0.2) is 22.7 Å². The average Bonchev–Trinajstić information content (AvgIpc) is 2.53. The van der Waals surface area contributed by atoms with Gasteiger partial charge in [-0.15, -0.1) is 11.8 Å². The second-order valence-corrected chi connectivity index (χ2v) is 6.60. The number of hydrogen-bond acceptors (Lipinski definition) is 5. The van der Waals surface area contributed by atoms with Crippen LogP contribution in [-0.4, -0.2) is 33.8 Å². The molecule has 0 aliphatic carbocycles. The van der Waals surface area contributed by atoms with E-state index in [9.17, 15) is 9.90 Å². The Morgan fingerprint density at radius 2 is 2.22 bits per heavy atom. The number of nitrogen functional groups attached to an aromatic ring is 1. The molecule has 1 rings (SSSR count). The molecule has 0 aliphatic heterocycles. The Morgan fingerprint density at radius 1 is 1.48 bits per heavy atom. The summed E-state index contributed by atoms with van der Waals surface area (Å²) in [6.07, 6.45) is 3.61. The van der Waals surface area contributed by atoms with Crippen molar-refractivity contribution in [1.82, 2.24) is 9.88 Å². The standard InChI is InChI=1S/C17H27N3O2S/c1-4-5-10-23-16(8-9-21)14(3)20(12-22)11-15-7-6-13(2)19-17(15)18/h6-7,12,21H,4-5,8-11H2,1-3H3,(H2,18,19)/b16-14-. The third-order valence-corrected chi connectivity index (χ3v) is 4.91. The number of hydrogen-bond donors (Lipinski definition) is 2. The first-order chi connectivity index (χ1) is 11.0. The zero-order chi connectivity index (χ0) is 17.2. The number of nitrogens with two attached hydrogens (primary N) is 1. The van der Waals surface area contributed by atoms with Crippen molar-refractivity contribution in [2.75, 3.05) is 18.1 Å². The van der Waals surface area contributed by atoms with Gasteiger partial charge in [-0.3, -0.25) is 4.79 Å². The number of pyridine rings is 1. The largest absolute Gasteiger partial charge is 0.396 e. The van der Waals surface area contributed by atoms with E-state index in [1.807, 2.05) is 26.0 Å². The fourth-order valence-corrected chi connectivity index (χ4v) is 3.36. The first kappa shape index (κ1) is 19.5. The Bertz CT molecular complexity index is 547. The molecule has 0 saturated heterocycles. The average molecular weight is 337 g/mol. The van der Waals surface area contributed by atoms with Gasteiger partial charge in [-0.25, -0.2) is 4.98 Å². The van der Waals surface area contributed by atoms with E-state index in [2.05, 4.69) is 11.9 Å². The van der Waals surface area contributed by atoms with Gasteiger partial charge in [0.25, 0.3) is 0 Å². The molecule has 0 spiro atoms. The number of aliphatic hydroxyl groups is 1. The fourth-order valence-electron chi connectivity index (χ4n) is 2.12. The highest BCUT2D eigenvalue weighted by molar-refractivity contribution is 8.03. The highest BCUT2D eigenvalue weighted by Crippen LogP contribution is 2.27. The Kier molecular flexibility index (Phi) is 8.73. The maximum atomic E-state index is 11.5. The molecule has 23 heavy (non-hydrogen) atoms. The van der Waals surface area contributed by atoms with Crippen LogP contribution in [0.3, 0.4) is 0 Å². The van der Waals surface area contributed by atoms with Gasteiger partial charge in [0.05, 0.1) is 6.54 Å². The van der Waals surface area contributed by atoms with Crippen LogP contribution in [-0.2, 0) is 11.3 Å². The zero-order valence-electron chi connectivity index (χ0n) is 14.2. The number of unbranched alkanes of at least 4 members (excludes halogenated alkanes) is 1. The Morgan fingerprint density at radius 3 is 2.78 bits per heavy atom. The molecule has 0 bridgehead atoms. The summed E-state index contributed by atoms with van der Waals surface area (Å²) >= 11 is 1.71. The summed E-state index contributed by atoms with van der Waals surface area (Å²) in [5.74, 6) is 1.44. The van der Waals surface area contributed by atoms with Gasteiger partial charge in [-0.05, 0) is 32.1 Å². The second-order valence-electron chi connectivity index (χ2n) is 5.41. The maximum Gasteiger partial charge on any atom is 0.214 e. The van der Waals surface area contributed by atoms with Gasteiger partial charge in [0, 0.05) is 34.9 Å². The van der Waals surface area contributed by atoms with Crippen LogP contribution in [0.2, 0.25) is 0 Å². The number of aliphatic hydroxyl groups excluding tert-OH is 1. The molecule has 0 aromatic carbocycles. The lowest BCUT2D eigenvalue weighted by Gasteiger charge is -2.22. The SMILES string of the molecule is CCCCS/C(CCO)=C(/C)N(C=O)Cc1ccc(C)nc1N. The van der Waals surface area contributed by atoms with E-state index in [1.165, 1.54) is 0 Å². The molecule has 0 aliphatic rings. The van der Waals surface area contributed by atoms with Crippen molar-refractivity contribution < 1.29 is 9.90 Å². The van der Waals surface area contributed by atoms with Crippen LogP contribution in [0.4, 0.5) is 5.82 Å². The van der Waals surface area contributed by atoms with E-state index in [0.717, 1.165) is 46.9 Å². The quantitative estimate of drug-likeness (QED) is 0.507. The number of anilines is 1. The van der Waals surface area contributed by atoms with Gasteiger partial charge >= 0.3 is 0 Å². The second kappa shape index (κ2) is 10.3. The maximum absolute atomic E-state index is 11.5. The van der Waals surface area contributed by atoms with Crippen LogP contribution < -0.4 is 5.73 Å². The number of thioether (sulfide) groups is 1. The van der Waals surface area contributed by atoms with E-state index in [-0.39, 0.29) is 6.61 Å². The number of carbonyl (C=O) groups is 1. The minimum Gasteiger partial charge on any atom is -0.396 e. The lowest BCUT2D eigenvalue weighted by molar-refractivity contribution is -0.116. The third kappa shape index (κ3) is 6.23. The highest BCUT2D eigenvalue weighted by Gasteiger charge is 2.13. The fraction of sp³-hybridized carbons (Fsp3) is 0.529. The summed E-state index contributed by atoms with van der Waals surface area (Å²) in [4.78, 5) is 18.4. The van der Waals surface area contributed by atoms with Crippen molar-refractivity contribution >= 4 is 24.0 Å². The van der Waals surface area contributed by atoms with Crippen LogP contribution in [0.1, 0.15) is 44.4 Å². The van der Waals surface area contributed by atoms with Crippen LogP contribution in [0.25, 0.3) is 0 Å². The summed E-state index contributed by atoms with van der Waals surface area (Å²) < 4.78 is 0. The number of rotatable bonds is 10. The molecule has 128 valence electrons. The van der Waals surface area contributed by atoms with Gasteiger partial charge in [0.15, 0.2) is 0 Å². The summed E-state index contributed by atoms with van der Waals surface area (Å²) in [7, 11) is 0. The highest BCUT2D eigenvalue weighted by atomic mass is 32.2. The lowest BCUT2D eigenvalue weighted by Crippen LogP contribution is -2.21. The lowest BCUT2D eigenvalue weighted by atomic mass is 10.2. The minimum absolute atomic E-state index is 0.0761. The molecule has 0 fully saturated rings. The van der Waals surface area contributed by atoms with Crippen molar-refractivity contribution in [3.8, 4) is 0 Å². The normalized spacial score (nSPS) is 12.0. The van der Waals surface area contributed by atoms with E-state index in [4.69, 9.17) is 5.73 Å². The predicted octanol–water partition coefficient (Wildman–Crippen LogP) is 3.08. The van der Waals surface area contributed by atoms with Crippen molar-refractivity contribution in [2.45, 2.75) is 46.6 Å². The third-order valence-electron chi connectivity index (χ3n) is 3.57. The van der Waals surface area contributed by atoms with Crippen molar-refractivity contribution in [1.29, 1.82) is 0 Å². The molecule has 0 saturated carbocycles. The van der Waals surface area contributed by atoms with Gasteiger partial charge in [0.2, 0.25) is 6.41 Å². The number of amides is 1. The number of aromatic nitrogens is 1.